The molecule has 0 aliphatic carbocycles. The van der Waals surface area contributed by atoms with E-state index in [-0.39, 0.29) is 0 Å². The molecule has 86 valence electrons. The van der Waals surface area contributed by atoms with Gasteiger partial charge in [-0.05, 0) is 13.3 Å². The average Bonchev–Trinajstić information content (AvgIpc) is 2.95. The maximum Gasteiger partial charge on any atom is 0.183 e. The molecule has 2 aromatic heterocycles. The molecule has 0 radical (unpaired) electrons. The molecule has 2 heterocycles. The molecule has 2 aromatic rings. The van der Waals surface area contributed by atoms with Crippen molar-refractivity contribution in [3.05, 3.63) is 29.0 Å². The summed E-state index contributed by atoms with van der Waals surface area (Å²) in [4.78, 5) is 5.62. The second-order valence-corrected chi connectivity index (χ2v) is 4.66. The molecule has 16 heavy (non-hydrogen) atoms. The number of nitrogens with zero attached hydrogens (tertiary/aromatic N) is 3. The summed E-state index contributed by atoms with van der Waals surface area (Å²) in [6.07, 6.45) is 6.93. The highest BCUT2D eigenvalue weighted by Crippen LogP contribution is 2.18. The Hall–Kier alpha value is -1.36. The Labute approximate surface area is 99.3 Å². The first kappa shape index (κ1) is 11.1. The molecule has 2 rings (SSSR count). The number of nitrogens with one attached hydrogen (secondary N) is 1. The Morgan fingerprint density at radius 2 is 2.25 bits per heavy atom. The van der Waals surface area contributed by atoms with Crippen molar-refractivity contribution in [3.63, 3.8) is 0 Å². The maximum absolute atomic E-state index is 4.31. The molecule has 0 unspecified atom stereocenters. The van der Waals surface area contributed by atoms with E-state index < -0.39 is 0 Å². The van der Waals surface area contributed by atoms with Crippen molar-refractivity contribution >= 4 is 16.5 Å². The fraction of sp³-hybridized carbons (Fsp3) is 0.455. The summed E-state index contributed by atoms with van der Waals surface area (Å²) in [5.41, 5.74) is 1.19. The molecular weight excluding hydrogens is 220 g/mol. The molecule has 0 aliphatic heterocycles. The summed E-state index contributed by atoms with van der Waals surface area (Å²) >= 11 is 1.72. The van der Waals surface area contributed by atoms with E-state index in [1.807, 2.05) is 17.1 Å². The lowest BCUT2D eigenvalue weighted by molar-refractivity contribution is 0.659. The topological polar surface area (TPSA) is 42.7 Å². The molecule has 0 amide bonds. The van der Waals surface area contributed by atoms with E-state index in [0.29, 0.717) is 0 Å². The quantitative estimate of drug-likeness (QED) is 0.867. The Morgan fingerprint density at radius 1 is 1.38 bits per heavy atom. The van der Waals surface area contributed by atoms with Gasteiger partial charge in [-0.25, -0.2) is 4.98 Å². The van der Waals surface area contributed by atoms with Crippen LogP contribution in [0.2, 0.25) is 0 Å². The van der Waals surface area contributed by atoms with Crippen LogP contribution in [0.25, 0.3) is 0 Å². The third-order valence-electron chi connectivity index (χ3n) is 2.36. The zero-order valence-electron chi connectivity index (χ0n) is 9.60. The zero-order valence-corrected chi connectivity index (χ0v) is 10.4. The van der Waals surface area contributed by atoms with E-state index in [9.17, 15) is 0 Å². The smallest absolute Gasteiger partial charge is 0.183 e. The first-order valence-corrected chi connectivity index (χ1v) is 6.33. The van der Waals surface area contributed by atoms with Crippen molar-refractivity contribution in [1.29, 1.82) is 0 Å². The van der Waals surface area contributed by atoms with Gasteiger partial charge in [0.2, 0.25) is 0 Å². The average molecular weight is 236 g/mol. The van der Waals surface area contributed by atoms with Crippen molar-refractivity contribution < 1.29 is 0 Å². The largest absolute Gasteiger partial charge is 0.357 e. The van der Waals surface area contributed by atoms with Crippen LogP contribution in [-0.4, -0.2) is 14.8 Å². The van der Waals surface area contributed by atoms with Gasteiger partial charge in [-0.1, -0.05) is 6.92 Å². The van der Waals surface area contributed by atoms with E-state index in [1.54, 1.807) is 11.3 Å². The normalized spacial score (nSPS) is 10.6. The fourth-order valence-corrected chi connectivity index (χ4v) is 2.15. The van der Waals surface area contributed by atoms with E-state index in [1.165, 1.54) is 10.4 Å². The summed E-state index contributed by atoms with van der Waals surface area (Å²) in [6.45, 7) is 5.93. The second kappa shape index (κ2) is 5.12. The van der Waals surface area contributed by atoms with E-state index in [2.05, 4.69) is 35.4 Å². The van der Waals surface area contributed by atoms with Crippen molar-refractivity contribution in [2.24, 2.45) is 0 Å². The molecule has 0 saturated heterocycles. The Bertz CT molecular complexity index is 404. The maximum atomic E-state index is 4.31. The molecular formula is C11H16N4S. The summed E-state index contributed by atoms with van der Waals surface area (Å²) in [6, 6.07) is 0. The van der Waals surface area contributed by atoms with Gasteiger partial charge < -0.3 is 5.32 Å². The predicted octanol–water partition coefficient (Wildman–Crippen LogP) is 2.53. The second-order valence-electron chi connectivity index (χ2n) is 3.54. The molecule has 0 spiro atoms. The number of hydrogen-bond acceptors (Lipinski definition) is 4. The van der Waals surface area contributed by atoms with Crippen LogP contribution in [-0.2, 0) is 19.5 Å². The highest BCUT2D eigenvalue weighted by Gasteiger charge is 2.01. The van der Waals surface area contributed by atoms with Gasteiger partial charge >= 0.3 is 0 Å². The molecule has 0 aromatic carbocycles. The number of aryl methyl sites for hydroxylation is 2. The van der Waals surface area contributed by atoms with Gasteiger partial charge in [0, 0.05) is 35.9 Å². The monoisotopic (exact) mass is 236 g/mol. The minimum absolute atomic E-state index is 0.788. The number of hydrogen-bond donors (Lipinski definition) is 1. The van der Waals surface area contributed by atoms with Gasteiger partial charge in [0.1, 0.15) is 0 Å². The van der Waals surface area contributed by atoms with Crippen LogP contribution < -0.4 is 5.32 Å². The Kier molecular flexibility index (Phi) is 3.56. The van der Waals surface area contributed by atoms with E-state index >= 15 is 0 Å². The van der Waals surface area contributed by atoms with Gasteiger partial charge in [-0.2, -0.15) is 5.10 Å². The lowest BCUT2D eigenvalue weighted by atomic mass is 10.4. The summed E-state index contributed by atoms with van der Waals surface area (Å²) < 4.78 is 1.93. The Morgan fingerprint density at radius 3 is 2.88 bits per heavy atom. The molecule has 5 heteroatoms. The number of anilines is 1. The van der Waals surface area contributed by atoms with Crippen molar-refractivity contribution in [1.82, 2.24) is 14.8 Å². The highest BCUT2D eigenvalue weighted by molar-refractivity contribution is 7.15. The van der Waals surface area contributed by atoms with Crippen LogP contribution in [0.15, 0.2) is 18.6 Å². The molecule has 0 bridgehead atoms. The predicted molar refractivity (Wildman–Crippen MR) is 66.7 cm³/mol. The number of aromatic nitrogens is 3. The van der Waals surface area contributed by atoms with Crippen LogP contribution in [0.1, 0.15) is 24.3 Å². The molecule has 0 fully saturated rings. The Balaban J connectivity index is 1.91. The first-order chi connectivity index (χ1) is 7.81. The number of rotatable bonds is 5. The third kappa shape index (κ3) is 2.61. The van der Waals surface area contributed by atoms with Gasteiger partial charge in [0.15, 0.2) is 5.13 Å². The molecule has 1 N–H and O–H groups in total. The van der Waals surface area contributed by atoms with Crippen molar-refractivity contribution in [3.8, 4) is 0 Å². The zero-order chi connectivity index (χ0) is 11.4. The van der Waals surface area contributed by atoms with Crippen LogP contribution in [0.5, 0.6) is 0 Å². The minimum Gasteiger partial charge on any atom is -0.357 e. The van der Waals surface area contributed by atoms with E-state index in [4.69, 9.17) is 0 Å². The summed E-state index contributed by atoms with van der Waals surface area (Å²) in [5, 5.41) is 8.52. The van der Waals surface area contributed by atoms with Gasteiger partial charge in [0.05, 0.1) is 6.20 Å². The van der Waals surface area contributed by atoms with Crippen molar-refractivity contribution in [2.45, 2.75) is 33.4 Å². The van der Waals surface area contributed by atoms with Crippen LogP contribution in [0.3, 0.4) is 0 Å². The molecule has 0 atom stereocenters. The minimum atomic E-state index is 0.788. The van der Waals surface area contributed by atoms with Crippen LogP contribution in [0, 0.1) is 0 Å². The highest BCUT2D eigenvalue weighted by atomic mass is 32.1. The third-order valence-corrected chi connectivity index (χ3v) is 3.46. The van der Waals surface area contributed by atoms with Gasteiger partial charge in [0.25, 0.3) is 0 Å². The fourth-order valence-electron chi connectivity index (χ4n) is 1.40. The lowest BCUT2D eigenvalue weighted by Gasteiger charge is -1.98. The van der Waals surface area contributed by atoms with Crippen molar-refractivity contribution in [2.75, 3.05) is 5.32 Å². The van der Waals surface area contributed by atoms with E-state index in [0.717, 1.165) is 24.6 Å². The number of thiazole rings is 1. The first-order valence-electron chi connectivity index (χ1n) is 5.51. The molecule has 0 aliphatic rings. The van der Waals surface area contributed by atoms with Crippen LogP contribution >= 0.6 is 11.3 Å². The molecule has 4 nitrogen and oxygen atoms in total. The summed E-state index contributed by atoms with van der Waals surface area (Å²) in [7, 11) is 0. The lowest BCUT2D eigenvalue weighted by Crippen LogP contribution is -1.97. The molecule has 0 saturated carbocycles. The summed E-state index contributed by atoms with van der Waals surface area (Å²) in [5.74, 6) is 0. The van der Waals surface area contributed by atoms with Gasteiger partial charge in [-0.15, -0.1) is 11.3 Å². The van der Waals surface area contributed by atoms with Crippen LogP contribution in [0.4, 0.5) is 5.13 Å². The SMILES string of the molecule is CCc1cnc(NCc2cnn(CC)c2)s1. The standard InChI is InChI=1S/C11H16N4S/c1-3-10-7-13-11(16-10)12-5-9-6-14-15(4-2)8-9/h6-8H,3-5H2,1-2H3,(H,12,13). The van der Waals surface area contributed by atoms with Gasteiger partial charge in [-0.3, -0.25) is 4.68 Å².